The van der Waals surface area contributed by atoms with Gasteiger partial charge in [-0.15, -0.1) is 0 Å². The Bertz CT molecular complexity index is 1250. The number of hydrogen-bond donors (Lipinski definition) is 2. The summed E-state index contributed by atoms with van der Waals surface area (Å²) in [6.07, 6.45) is 1.58. The van der Waals surface area contributed by atoms with Crippen LogP contribution < -0.4 is 15.4 Å². The van der Waals surface area contributed by atoms with Crippen LogP contribution >= 0.6 is 0 Å². The van der Waals surface area contributed by atoms with Gasteiger partial charge in [0, 0.05) is 35.6 Å². The molecule has 3 aromatic rings. The van der Waals surface area contributed by atoms with Crippen LogP contribution in [0.2, 0.25) is 0 Å². The third-order valence-corrected chi connectivity index (χ3v) is 5.17. The van der Waals surface area contributed by atoms with Crippen molar-refractivity contribution in [2.24, 2.45) is 0 Å². The van der Waals surface area contributed by atoms with Gasteiger partial charge in [-0.2, -0.15) is 5.26 Å². The van der Waals surface area contributed by atoms with Gasteiger partial charge in [-0.1, -0.05) is 0 Å². The molecule has 0 aliphatic carbocycles. The zero-order valence-corrected chi connectivity index (χ0v) is 19.5. The number of aryl methyl sites for hydroxylation is 1. The van der Waals surface area contributed by atoms with Gasteiger partial charge in [0.2, 0.25) is 5.91 Å². The molecule has 8 nitrogen and oxygen atoms in total. The Kier molecular flexibility index (Phi) is 7.85. The van der Waals surface area contributed by atoms with E-state index in [-0.39, 0.29) is 18.1 Å². The SMILES string of the molecule is COCC(=O)Nc1ccc(NC(=O)/C(C#N)=C/c2cc(C)n(-c3ccc(OC)cc3)c2C)cc1. The fourth-order valence-electron chi connectivity index (χ4n) is 3.53. The van der Waals surface area contributed by atoms with Crippen LogP contribution in [0.25, 0.3) is 11.8 Å². The minimum absolute atomic E-state index is 0.0209. The van der Waals surface area contributed by atoms with Gasteiger partial charge in [0.15, 0.2) is 0 Å². The summed E-state index contributed by atoms with van der Waals surface area (Å²) in [5.74, 6) is -0.0331. The Hall–Kier alpha value is -4.35. The molecule has 2 aromatic carbocycles. The molecule has 2 amide bonds. The zero-order valence-electron chi connectivity index (χ0n) is 19.5. The van der Waals surface area contributed by atoms with Gasteiger partial charge in [-0.25, -0.2) is 0 Å². The van der Waals surface area contributed by atoms with Gasteiger partial charge in [0.25, 0.3) is 5.91 Å². The standard InChI is InChI=1S/C26H26N4O4/c1-17-13-19(18(2)30(17)23-9-11-24(34-4)12-10-23)14-20(15-27)26(32)29-22-7-5-21(6-8-22)28-25(31)16-33-3/h5-14H,16H2,1-4H3,(H,28,31)(H,29,32)/b20-14+. The number of methoxy groups -OCH3 is 2. The first-order valence-corrected chi connectivity index (χ1v) is 10.5. The van der Waals surface area contributed by atoms with Crippen molar-refractivity contribution in [2.45, 2.75) is 13.8 Å². The van der Waals surface area contributed by atoms with Gasteiger partial charge < -0.3 is 24.7 Å². The molecule has 8 heteroatoms. The summed E-state index contributed by atoms with van der Waals surface area (Å²) in [5.41, 5.74) is 4.65. The van der Waals surface area contributed by atoms with Gasteiger partial charge in [0.1, 0.15) is 24.0 Å². The molecule has 0 atom stereocenters. The second-order valence-electron chi connectivity index (χ2n) is 7.54. The lowest BCUT2D eigenvalue weighted by atomic mass is 10.1. The van der Waals surface area contributed by atoms with Crippen LogP contribution in [-0.2, 0) is 14.3 Å². The minimum Gasteiger partial charge on any atom is -0.497 e. The second kappa shape index (κ2) is 11.0. The highest BCUT2D eigenvalue weighted by Gasteiger charge is 2.14. The van der Waals surface area contributed by atoms with Crippen molar-refractivity contribution in [2.75, 3.05) is 31.5 Å². The number of carbonyl (C=O) groups is 2. The number of anilines is 2. The number of hydrogen-bond acceptors (Lipinski definition) is 5. The Morgan fingerprint density at radius 2 is 1.62 bits per heavy atom. The lowest BCUT2D eigenvalue weighted by Crippen LogP contribution is -2.17. The number of aromatic nitrogens is 1. The van der Waals surface area contributed by atoms with Gasteiger partial charge >= 0.3 is 0 Å². The molecule has 0 saturated heterocycles. The molecule has 1 aromatic heterocycles. The number of carbonyl (C=O) groups excluding carboxylic acids is 2. The molecular weight excluding hydrogens is 432 g/mol. The lowest BCUT2D eigenvalue weighted by molar-refractivity contribution is -0.119. The normalized spacial score (nSPS) is 11.0. The van der Waals surface area contributed by atoms with E-state index in [1.54, 1.807) is 37.5 Å². The third-order valence-electron chi connectivity index (χ3n) is 5.17. The summed E-state index contributed by atoms with van der Waals surface area (Å²) < 4.78 is 12.1. The lowest BCUT2D eigenvalue weighted by Gasteiger charge is -2.10. The maximum atomic E-state index is 12.7. The van der Waals surface area contributed by atoms with Gasteiger partial charge in [0.05, 0.1) is 7.11 Å². The molecule has 0 bridgehead atoms. The quantitative estimate of drug-likeness (QED) is 0.388. The summed E-state index contributed by atoms with van der Waals surface area (Å²) in [6, 6.07) is 18.2. The number of ether oxygens (including phenoxy) is 2. The molecule has 0 saturated carbocycles. The third kappa shape index (κ3) is 5.71. The van der Waals surface area contributed by atoms with Crippen LogP contribution in [0.3, 0.4) is 0 Å². The summed E-state index contributed by atoms with van der Waals surface area (Å²) in [6.45, 7) is 3.86. The summed E-state index contributed by atoms with van der Waals surface area (Å²) >= 11 is 0. The van der Waals surface area contributed by atoms with Crippen LogP contribution in [-0.4, -0.2) is 37.2 Å². The molecule has 1 heterocycles. The topological polar surface area (TPSA) is 105 Å². The predicted octanol–water partition coefficient (Wildman–Crippen LogP) is 4.23. The van der Waals surface area contributed by atoms with Crippen molar-refractivity contribution in [3.05, 3.63) is 77.1 Å². The number of nitrogens with one attached hydrogen (secondary N) is 2. The van der Waals surface area contributed by atoms with Crippen LogP contribution in [0.15, 0.2) is 60.2 Å². The molecule has 0 unspecified atom stereocenters. The van der Waals surface area contributed by atoms with E-state index in [0.29, 0.717) is 11.4 Å². The molecular formula is C26H26N4O4. The minimum atomic E-state index is -0.520. The van der Waals surface area contributed by atoms with Gasteiger partial charge in [-0.3, -0.25) is 9.59 Å². The van der Waals surface area contributed by atoms with Crippen LogP contribution in [0.5, 0.6) is 5.75 Å². The van der Waals surface area contributed by atoms with E-state index >= 15 is 0 Å². The molecule has 0 aliphatic heterocycles. The first-order chi connectivity index (χ1) is 16.4. The fraction of sp³-hybridized carbons (Fsp3) is 0.192. The Balaban J connectivity index is 1.78. The maximum absolute atomic E-state index is 12.7. The number of amides is 2. The number of nitrogens with zero attached hydrogens (tertiary/aromatic N) is 2. The van der Waals surface area contributed by atoms with E-state index in [4.69, 9.17) is 9.47 Å². The molecule has 2 N–H and O–H groups in total. The zero-order chi connectivity index (χ0) is 24.7. The van der Waals surface area contributed by atoms with Crippen molar-refractivity contribution in [1.29, 1.82) is 5.26 Å². The summed E-state index contributed by atoms with van der Waals surface area (Å²) in [5, 5.41) is 15.0. The molecule has 0 fully saturated rings. The highest BCUT2D eigenvalue weighted by atomic mass is 16.5. The van der Waals surface area contributed by atoms with Crippen molar-refractivity contribution < 1.29 is 19.1 Å². The highest BCUT2D eigenvalue weighted by Crippen LogP contribution is 2.24. The van der Waals surface area contributed by atoms with E-state index in [9.17, 15) is 14.9 Å². The monoisotopic (exact) mass is 458 g/mol. The average molecular weight is 459 g/mol. The largest absolute Gasteiger partial charge is 0.497 e. The van der Waals surface area contributed by atoms with Crippen molar-refractivity contribution >= 4 is 29.3 Å². The summed E-state index contributed by atoms with van der Waals surface area (Å²) in [4.78, 5) is 24.3. The van der Waals surface area contributed by atoms with Crippen molar-refractivity contribution in [3.8, 4) is 17.5 Å². The summed E-state index contributed by atoms with van der Waals surface area (Å²) in [7, 11) is 3.06. The molecule has 0 spiro atoms. The smallest absolute Gasteiger partial charge is 0.266 e. The molecule has 0 radical (unpaired) electrons. The van der Waals surface area contributed by atoms with E-state index < -0.39 is 5.91 Å². The Morgan fingerprint density at radius 3 is 2.18 bits per heavy atom. The van der Waals surface area contributed by atoms with E-state index in [0.717, 1.165) is 28.4 Å². The molecule has 0 aliphatic rings. The van der Waals surface area contributed by atoms with E-state index in [1.165, 1.54) is 7.11 Å². The van der Waals surface area contributed by atoms with Crippen LogP contribution in [0, 0.1) is 25.2 Å². The van der Waals surface area contributed by atoms with Gasteiger partial charge in [-0.05, 0) is 80.1 Å². The number of rotatable bonds is 8. The molecule has 34 heavy (non-hydrogen) atoms. The highest BCUT2D eigenvalue weighted by molar-refractivity contribution is 6.09. The van der Waals surface area contributed by atoms with Crippen molar-refractivity contribution in [1.82, 2.24) is 4.57 Å². The predicted molar refractivity (Wildman–Crippen MR) is 131 cm³/mol. The fourth-order valence-corrected chi connectivity index (χ4v) is 3.53. The maximum Gasteiger partial charge on any atom is 0.266 e. The molecule has 3 rings (SSSR count). The number of nitriles is 1. The first kappa shape index (κ1) is 24.3. The Morgan fingerprint density at radius 1 is 1.00 bits per heavy atom. The van der Waals surface area contributed by atoms with Crippen LogP contribution in [0.1, 0.15) is 17.0 Å². The van der Waals surface area contributed by atoms with E-state index in [2.05, 4.69) is 15.2 Å². The molecule has 174 valence electrons. The second-order valence-corrected chi connectivity index (χ2v) is 7.54. The van der Waals surface area contributed by atoms with Crippen molar-refractivity contribution in [3.63, 3.8) is 0 Å². The Labute approximate surface area is 198 Å². The average Bonchev–Trinajstić information content (AvgIpc) is 3.11. The number of benzene rings is 2. The van der Waals surface area contributed by atoms with Crippen LogP contribution in [0.4, 0.5) is 11.4 Å². The first-order valence-electron chi connectivity index (χ1n) is 10.5. The van der Waals surface area contributed by atoms with E-state index in [1.807, 2.05) is 50.2 Å².